The third-order valence-corrected chi connectivity index (χ3v) is 6.15. The second-order valence-electron chi connectivity index (χ2n) is 7.42. The molecule has 1 aliphatic rings. The van der Waals surface area contributed by atoms with E-state index >= 15 is 0 Å². The Morgan fingerprint density at radius 1 is 1.03 bits per heavy atom. The fraction of sp³-hybridized carbons (Fsp3) is 0.136. The number of imidazole rings is 1. The van der Waals surface area contributed by atoms with E-state index < -0.39 is 10.0 Å². The molecule has 4 aromatic rings. The van der Waals surface area contributed by atoms with Crippen molar-refractivity contribution in [1.82, 2.24) is 14.4 Å². The molecule has 2 N–H and O–H groups in total. The summed E-state index contributed by atoms with van der Waals surface area (Å²) in [7, 11) is -3.80. The van der Waals surface area contributed by atoms with Crippen LogP contribution < -0.4 is 14.8 Å². The van der Waals surface area contributed by atoms with Gasteiger partial charge in [-0.25, -0.2) is 9.97 Å². The number of carbonyl (C=O) groups is 1. The lowest BCUT2D eigenvalue weighted by Gasteiger charge is -2.10. The molecule has 9 nitrogen and oxygen atoms in total. The van der Waals surface area contributed by atoms with Crippen LogP contribution in [0.1, 0.15) is 12.8 Å². The van der Waals surface area contributed by atoms with Crippen molar-refractivity contribution in [2.45, 2.75) is 17.9 Å². The van der Waals surface area contributed by atoms with Crippen LogP contribution in [0.15, 0.2) is 78.2 Å². The third kappa shape index (κ3) is 4.40. The van der Waals surface area contributed by atoms with Crippen molar-refractivity contribution in [2.24, 2.45) is 5.92 Å². The second kappa shape index (κ2) is 7.97. The molecular weight excluding hydrogens is 430 g/mol. The molecule has 10 heteroatoms. The second-order valence-corrected chi connectivity index (χ2v) is 9.05. The summed E-state index contributed by atoms with van der Waals surface area (Å²) >= 11 is 0. The van der Waals surface area contributed by atoms with E-state index in [1.807, 2.05) is 0 Å². The van der Waals surface area contributed by atoms with Crippen molar-refractivity contribution >= 4 is 33.1 Å². The monoisotopic (exact) mass is 449 g/mol. The van der Waals surface area contributed by atoms with Gasteiger partial charge in [-0.3, -0.25) is 9.52 Å². The van der Waals surface area contributed by atoms with Crippen molar-refractivity contribution in [1.29, 1.82) is 0 Å². The molecule has 0 saturated heterocycles. The highest BCUT2D eigenvalue weighted by molar-refractivity contribution is 7.92. The molecule has 0 spiro atoms. The van der Waals surface area contributed by atoms with Crippen LogP contribution in [-0.2, 0) is 14.8 Å². The minimum absolute atomic E-state index is 0.00477. The topological polar surface area (TPSA) is 115 Å². The molecule has 1 saturated carbocycles. The Morgan fingerprint density at radius 3 is 2.69 bits per heavy atom. The van der Waals surface area contributed by atoms with Crippen molar-refractivity contribution in [3.05, 3.63) is 73.2 Å². The van der Waals surface area contributed by atoms with Gasteiger partial charge >= 0.3 is 0 Å². The number of carbonyl (C=O) groups excluding carboxylic acids is 1. The number of anilines is 2. The highest BCUT2D eigenvalue weighted by Crippen LogP contribution is 2.30. The van der Waals surface area contributed by atoms with E-state index in [0.717, 1.165) is 12.8 Å². The summed E-state index contributed by atoms with van der Waals surface area (Å²) in [5.41, 5.74) is 1.02. The van der Waals surface area contributed by atoms with Gasteiger partial charge in [0.05, 0.1) is 18.1 Å². The molecule has 1 amide bonds. The Hall–Kier alpha value is -3.92. The zero-order chi connectivity index (χ0) is 22.1. The number of rotatable bonds is 7. The van der Waals surface area contributed by atoms with Gasteiger partial charge in [0.15, 0.2) is 10.8 Å². The number of sulfonamides is 1. The third-order valence-electron chi connectivity index (χ3n) is 4.86. The van der Waals surface area contributed by atoms with Crippen LogP contribution in [0.4, 0.5) is 11.5 Å². The van der Waals surface area contributed by atoms with E-state index in [-0.39, 0.29) is 16.9 Å². The number of amides is 1. The molecule has 1 aromatic carbocycles. The lowest BCUT2D eigenvalue weighted by atomic mass is 10.3. The summed E-state index contributed by atoms with van der Waals surface area (Å²) in [5.74, 6) is 1.56. The molecule has 1 aliphatic carbocycles. The number of aromatic nitrogens is 3. The number of nitrogens with zero attached hydrogens (tertiary/aromatic N) is 3. The van der Waals surface area contributed by atoms with Gasteiger partial charge < -0.3 is 14.5 Å². The van der Waals surface area contributed by atoms with Crippen LogP contribution in [0.2, 0.25) is 0 Å². The summed E-state index contributed by atoms with van der Waals surface area (Å²) in [6.45, 7) is 0. The molecule has 0 unspecified atom stereocenters. The predicted octanol–water partition coefficient (Wildman–Crippen LogP) is 3.67. The molecule has 0 aliphatic heterocycles. The van der Waals surface area contributed by atoms with Gasteiger partial charge in [-0.15, -0.1) is 0 Å². The summed E-state index contributed by atoms with van der Waals surface area (Å²) in [6.07, 6.45) is 6.73. The normalized spacial score (nSPS) is 13.6. The van der Waals surface area contributed by atoms with E-state index in [4.69, 9.17) is 4.74 Å². The average molecular weight is 449 g/mol. The first-order valence-electron chi connectivity index (χ1n) is 9.98. The zero-order valence-corrected chi connectivity index (χ0v) is 17.6. The molecule has 3 aromatic heterocycles. The number of nitrogens with one attached hydrogen (secondary N) is 2. The Morgan fingerprint density at radius 2 is 1.91 bits per heavy atom. The average Bonchev–Trinajstić information content (AvgIpc) is 3.55. The smallest absolute Gasteiger partial charge is 0.279 e. The maximum absolute atomic E-state index is 12.5. The van der Waals surface area contributed by atoms with Crippen LogP contribution in [0, 0.1) is 5.92 Å². The van der Waals surface area contributed by atoms with Crippen molar-refractivity contribution < 1.29 is 17.9 Å². The Kier molecular flexibility index (Phi) is 4.98. The Labute approximate surface area is 184 Å². The summed E-state index contributed by atoms with van der Waals surface area (Å²) < 4.78 is 35.1. The standard InChI is InChI=1S/C22H19N5O4S/c28-22(15-7-8-15)25-19-14-27-13-18(9-10-20(27)24-19)31-17-5-3-4-16(12-17)26-32(29,30)21-6-1-2-11-23-21/h1-6,9-15,26H,7-8H2,(H,25,28). The fourth-order valence-corrected chi connectivity index (χ4v) is 4.14. The molecule has 32 heavy (non-hydrogen) atoms. The summed E-state index contributed by atoms with van der Waals surface area (Å²) in [4.78, 5) is 20.2. The molecule has 1 fully saturated rings. The maximum atomic E-state index is 12.5. The molecule has 0 radical (unpaired) electrons. The first-order chi connectivity index (χ1) is 15.5. The van der Waals surface area contributed by atoms with Gasteiger partial charge in [-0.05, 0) is 49.2 Å². The molecule has 3 heterocycles. The molecule has 0 atom stereocenters. The first-order valence-corrected chi connectivity index (χ1v) is 11.5. The van der Waals surface area contributed by atoms with Gasteiger partial charge in [0.2, 0.25) is 5.91 Å². The Balaban J connectivity index is 1.32. The fourth-order valence-electron chi connectivity index (χ4n) is 3.14. The predicted molar refractivity (Wildman–Crippen MR) is 118 cm³/mol. The van der Waals surface area contributed by atoms with Gasteiger partial charge in [0, 0.05) is 18.2 Å². The van der Waals surface area contributed by atoms with Crippen LogP contribution >= 0.6 is 0 Å². The first kappa shape index (κ1) is 20.0. The molecular formula is C22H19N5O4S. The molecule has 5 rings (SSSR count). The van der Waals surface area contributed by atoms with Crippen molar-refractivity contribution in [3.8, 4) is 11.5 Å². The van der Waals surface area contributed by atoms with E-state index in [1.165, 1.54) is 12.3 Å². The highest BCUT2D eigenvalue weighted by atomic mass is 32.2. The molecule has 162 valence electrons. The lowest BCUT2D eigenvalue weighted by molar-refractivity contribution is -0.117. The summed E-state index contributed by atoms with van der Waals surface area (Å²) in [5, 5.41) is 2.76. The van der Waals surface area contributed by atoms with Crippen LogP contribution in [-0.4, -0.2) is 28.7 Å². The quantitative estimate of drug-likeness (QED) is 0.445. The van der Waals surface area contributed by atoms with Crippen LogP contribution in [0.5, 0.6) is 11.5 Å². The minimum atomic E-state index is -3.80. The number of ether oxygens (including phenoxy) is 1. The zero-order valence-electron chi connectivity index (χ0n) is 16.8. The lowest BCUT2D eigenvalue weighted by Crippen LogP contribution is -2.14. The Bertz CT molecular complexity index is 1400. The SMILES string of the molecule is O=C(Nc1cn2cc(Oc3cccc(NS(=O)(=O)c4ccccn4)c3)ccc2n1)C1CC1. The van der Waals surface area contributed by atoms with Gasteiger partial charge in [0.1, 0.15) is 17.1 Å². The van der Waals surface area contributed by atoms with E-state index in [9.17, 15) is 13.2 Å². The number of benzene rings is 1. The van der Waals surface area contributed by atoms with Crippen LogP contribution in [0.25, 0.3) is 5.65 Å². The largest absolute Gasteiger partial charge is 0.456 e. The van der Waals surface area contributed by atoms with Crippen LogP contribution in [0.3, 0.4) is 0 Å². The van der Waals surface area contributed by atoms with Crippen molar-refractivity contribution in [3.63, 3.8) is 0 Å². The number of hydrogen-bond donors (Lipinski definition) is 2. The number of hydrogen-bond acceptors (Lipinski definition) is 6. The number of fused-ring (bicyclic) bond motifs is 1. The van der Waals surface area contributed by atoms with Gasteiger partial charge in [0.25, 0.3) is 10.0 Å². The van der Waals surface area contributed by atoms with Gasteiger partial charge in [-0.1, -0.05) is 12.1 Å². The minimum Gasteiger partial charge on any atom is -0.456 e. The number of pyridine rings is 2. The maximum Gasteiger partial charge on any atom is 0.279 e. The summed E-state index contributed by atoms with van der Waals surface area (Å²) in [6, 6.07) is 14.8. The molecule has 0 bridgehead atoms. The van der Waals surface area contributed by atoms with E-state index in [2.05, 4.69) is 20.0 Å². The van der Waals surface area contributed by atoms with Gasteiger partial charge in [-0.2, -0.15) is 8.42 Å². The highest BCUT2D eigenvalue weighted by Gasteiger charge is 2.30. The van der Waals surface area contributed by atoms with E-state index in [1.54, 1.807) is 65.3 Å². The van der Waals surface area contributed by atoms with E-state index in [0.29, 0.717) is 28.7 Å². The van der Waals surface area contributed by atoms with Crippen molar-refractivity contribution in [2.75, 3.05) is 10.0 Å².